The van der Waals surface area contributed by atoms with E-state index < -0.39 is 0 Å². The highest BCUT2D eigenvalue weighted by Gasteiger charge is 2.07. The lowest BCUT2D eigenvalue weighted by molar-refractivity contribution is -0.116. The van der Waals surface area contributed by atoms with E-state index in [0.29, 0.717) is 12.8 Å². The summed E-state index contributed by atoms with van der Waals surface area (Å²) in [6.45, 7) is 5.68. The number of hydrogen-bond donors (Lipinski definition) is 1. The molecular weight excluding hydrogens is 236 g/mol. The summed E-state index contributed by atoms with van der Waals surface area (Å²) in [4.78, 5) is 16.4. The van der Waals surface area contributed by atoms with Gasteiger partial charge in [-0.3, -0.25) is 9.78 Å². The molecule has 1 aromatic heterocycles. The second-order valence-electron chi connectivity index (χ2n) is 4.41. The Labute approximate surface area is 113 Å². The molecule has 0 radical (unpaired) electrons. The molecule has 0 bridgehead atoms. The van der Waals surface area contributed by atoms with Crippen molar-refractivity contribution in [3.05, 3.63) is 48.7 Å². The third-order valence-corrected chi connectivity index (χ3v) is 2.98. The van der Waals surface area contributed by atoms with Crippen molar-refractivity contribution in [1.29, 1.82) is 0 Å². The largest absolute Gasteiger partial charge is 0.325 e. The molecule has 1 amide bonds. The highest BCUT2D eigenvalue weighted by atomic mass is 16.1. The second-order valence-corrected chi connectivity index (χ2v) is 4.41. The maximum atomic E-state index is 11.8. The first-order valence-electron chi connectivity index (χ1n) is 6.54. The summed E-state index contributed by atoms with van der Waals surface area (Å²) in [5.74, 6) is 0.0123. The minimum atomic E-state index is 0.0123. The minimum Gasteiger partial charge on any atom is -0.325 e. The topological polar surface area (TPSA) is 42.0 Å². The monoisotopic (exact) mass is 254 g/mol. The summed E-state index contributed by atoms with van der Waals surface area (Å²) >= 11 is 0. The van der Waals surface area contributed by atoms with Crippen molar-refractivity contribution in [2.24, 2.45) is 0 Å². The molecule has 0 aliphatic heterocycles. The van der Waals surface area contributed by atoms with Crippen LogP contribution >= 0.6 is 0 Å². The van der Waals surface area contributed by atoms with E-state index in [0.717, 1.165) is 28.7 Å². The summed E-state index contributed by atoms with van der Waals surface area (Å²) < 4.78 is 0. The summed E-state index contributed by atoms with van der Waals surface area (Å²) in [7, 11) is 0. The molecular formula is C16H18N2O. The van der Waals surface area contributed by atoms with Gasteiger partial charge in [-0.1, -0.05) is 31.2 Å². The minimum absolute atomic E-state index is 0.0123. The fourth-order valence-corrected chi connectivity index (χ4v) is 1.96. The van der Waals surface area contributed by atoms with Crippen molar-refractivity contribution < 1.29 is 4.79 Å². The Morgan fingerprint density at radius 1 is 1.42 bits per heavy atom. The zero-order chi connectivity index (χ0) is 13.7. The lowest BCUT2D eigenvalue weighted by atomic mass is 10.1. The number of fused-ring (bicyclic) bond motifs is 1. The lowest BCUT2D eigenvalue weighted by Crippen LogP contribution is -2.11. The van der Waals surface area contributed by atoms with Gasteiger partial charge in [0, 0.05) is 17.5 Å². The van der Waals surface area contributed by atoms with Gasteiger partial charge < -0.3 is 5.32 Å². The van der Waals surface area contributed by atoms with Gasteiger partial charge in [-0.05, 0) is 25.0 Å². The molecule has 0 fully saturated rings. The Morgan fingerprint density at radius 3 is 2.95 bits per heavy atom. The number of amides is 1. The predicted octanol–water partition coefficient (Wildman–Crippen LogP) is 3.70. The molecule has 0 aliphatic rings. The van der Waals surface area contributed by atoms with E-state index >= 15 is 0 Å². The number of pyridine rings is 1. The van der Waals surface area contributed by atoms with Gasteiger partial charge in [-0.25, -0.2) is 0 Å². The number of benzene rings is 1. The van der Waals surface area contributed by atoms with Crippen molar-refractivity contribution in [2.75, 3.05) is 5.32 Å². The molecule has 0 unspecified atom stereocenters. The fourth-order valence-electron chi connectivity index (χ4n) is 1.96. The summed E-state index contributed by atoms with van der Waals surface area (Å²) in [5.41, 5.74) is 2.75. The van der Waals surface area contributed by atoms with Gasteiger partial charge in [-0.2, -0.15) is 0 Å². The van der Waals surface area contributed by atoms with Crippen LogP contribution < -0.4 is 5.32 Å². The Hall–Kier alpha value is -2.16. The van der Waals surface area contributed by atoms with Crippen LogP contribution in [0.15, 0.2) is 43.0 Å². The van der Waals surface area contributed by atoms with E-state index in [9.17, 15) is 4.79 Å². The molecule has 2 aromatic rings. The van der Waals surface area contributed by atoms with Gasteiger partial charge in [0.05, 0.1) is 11.2 Å². The zero-order valence-electron chi connectivity index (χ0n) is 11.1. The number of carbonyl (C=O) groups is 1. The molecule has 1 heterocycles. The highest BCUT2D eigenvalue weighted by Crippen LogP contribution is 2.23. The molecule has 0 spiro atoms. The molecule has 1 aromatic carbocycles. The van der Waals surface area contributed by atoms with Crippen LogP contribution in [-0.4, -0.2) is 10.9 Å². The van der Waals surface area contributed by atoms with E-state index in [-0.39, 0.29) is 5.91 Å². The highest BCUT2D eigenvalue weighted by molar-refractivity contribution is 6.01. The maximum Gasteiger partial charge on any atom is 0.224 e. The molecule has 0 aliphatic carbocycles. The van der Waals surface area contributed by atoms with Gasteiger partial charge in [-0.15, -0.1) is 6.58 Å². The van der Waals surface area contributed by atoms with Crippen LogP contribution in [0.3, 0.4) is 0 Å². The van der Waals surface area contributed by atoms with Crippen molar-refractivity contribution in [3.63, 3.8) is 0 Å². The van der Waals surface area contributed by atoms with E-state index in [2.05, 4.69) is 23.8 Å². The number of aromatic nitrogens is 1. The van der Waals surface area contributed by atoms with E-state index in [1.54, 1.807) is 6.08 Å². The lowest BCUT2D eigenvalue weighted by Gasteiger charge is -2.10. The number of hydrogen-bond acceptors (Lipinski definition) is 2. The molecule has 98 valence electrons. The number of allylic oxidation sites excluding steroid dienone is 1. The van der Waals surface area contributed by atoms with Gasteiger partial charge >= 0.3 is 0 Å². The second kappa shape index (κ2) is 6.14. The Kier molecular flexibility index (Phi) is 4.29. The fraction of sp³-hybridized carbons (Fsp3) is 0.250. The first-order chi connectivity index (χ1) is 9.24. The summed E-state index contributed by atoms with van der Waals surface area (Å²) in [5, 5.41) is 3.95. The number of carbonyl (C=O) groups excluding carboxylic acids is 1. The van der Waals surface area contributed by atoms with Gasteiger partial charge in [0.1, 0.15) is 0 Å². The van der Waals surface area contributed by atoms with Crippen LogP contribution in [0.1, 0.15) is 25.5 Å². The molecule has 3 heteroatoms. The van der Waals surface area contributed by atoms with Gasteiger partial charge in [0.2, 0.25) is 5.91 Å². The third-order valence-electron chi connectivity index (χ3n) is 2.98. The number of anilines is 1. The smallest absolute Gasteiger partial charge is 0.224 e. The molecule has 1 N–H and O–H groups in total. The van der Waals surface area contributed by atoms with Crippen molar-refractivity contribution in [1.82, 2.24) is 4.98 Å². The quantitative estimate of drug-likeness (QED) is 0.827. The van der Waals surface area contributed by atoms with Crippen LogP contribution in [0.2, 0.25) is 0 Å². The zero-order valence-corrected chi connectivity index (χ0v) is 11.1. The Morgan fingerprint density at radius 2 is 2.21 bits per heavy atom. The molecule has 2 rings (SSSR count). The molecule has 19 heavy (non-hydrogen) atoms. The average molecular weight is 254 g/mol. The molecule has 0 atom stereocenters. The molecule has 3 nitrogen and oxygen atoms in total. The SMILES string of the molecule is C=CCCC(=O)Nc1cc(CC)nc2ccccc12. The maximum absolute atomic E-state index is 11.8. The Balaban J connectivity index is 2.35. The average Bonchev–Trinajstić information content (AvgIpc) is 2.44. The number of rotatable bonds is 5. The first kappa shape index (κ1) is 13.3. The number of nitrogens with zero attached hydrogens (tertiary/aromatic N) is 1. The van der Waals surface area contributed by atoms with E-state index in [1.807, 2.05) is 30.3 Å². The summed E-state index contributed by atoms with van der Waals surface area (Å²) in [6, 6.07) is 9.81. The standard InChI is InChI=1S/C16H18N2O/c1-3-5-10-16(19)18-15-11-12(4-2)17-14-9-7-6-8-13(14)15/h3,6-9,11H,1,4-5,10H2,2H3,(H,17,18,19). The normalized spacial score (nSPS) is 10.4. The van der Waals surface area contributed by atoms with Gasteiger partial charge in [0.25, 0.3) is 0 Å². The first-order valence-corrected chi connectivity index (χ1v) is 6.54. The van der Waals surface area contributed by atoms with Crippen LogP contribution in [0, 0.1) is 0 Å². The Bertz CT molecular complexity index is 605. The number of nitrogens with one attached hydrogen (secondary N) is 1. The third kappa shape index (κ3) is 3.19. The predicted molar refractivity (Wildman–Crippen MR) is 79.2 cm³/mol. The van der Waals surface area contributed by atoms with Crippen LogP contribution in [0.5, 0.6) is 0 Å². The van der Waals surface area contributed by atoms with Crippen LogP contribution in [0.4, 0.5) is 5.69 Å². The molecule has 0 saturated heterocycles. The van der Waals surface area contributed by atoms with Crippen molar-refractivity contribution in [2.45, 2.75) is 26.2 Å². The number of para-hydroxylation sites is 1. The number of aryl methyl sites for hydroxylation is 1. The van der Waals surface area contributed by atoms with Crippen LogP contribution in [0.25, 0.3) is 10.9 Å². The van der Waals surface area contributed by atoms with Crippen molar-refractivity contribution >= 4 is 22.5 Å². The van der Waals surface area contributed by atoms with Gasteiger partial charge in [0.15, 0.2) is 0 Å². The van der Waals surface area contributed by atoms with Crippen molar-refractivity contribution in [3.8, 4) is 0 Å². The molecule has 0 saturated carbocycles. The van der Waals surface area contributed by atoms with E-state index in [4.69, 9.17) is 0 Å². The summed E-state index contributed by atoms with van der Waals surface area (Å²) in [6.07, 6.45) is 3.75. The van der Waals surface area contributed by atoms with Crippen LogP contribution in [-0.2, 0) is 11.2 Å². The van der Waals surface area contributed by atoms with E-state index in [1.165, 1.54) is 0 Å².